The summed E-state index contributed by atoms with van der Waals surface area (Å²) >= 11 is 0. The van der Waals surface area contributed by atoms with Gasteiger partial charge in [0.15, 0.2) is 6.10 Å². The lowest BCUT2D eigenvalue weighted by Gasteiger charge is -2.27. The van der Waals surface area contributed by atoms with Crippen molar-refractivity contribution in [2.24, 2.45) is 0 Å². The zero-order valence-electron chi connectivity index (χ0n) is 43.9. The molecular weight excluding hydrogens is 921 g/mol. The lowest BCUT2D eigenvalue weighted by atomic mass is 10.0. The Morgan fingerprint density at radius 3 is 1.24 bits per heavy atom. The summed E-state index contributed by atoms with van der Waals surface area (Å²) in [6.07, 6.45) is 31.3. The van der Waals surface area contributed by atoms with Crippen LogP contribution in [0.1, 0.15) is 187 Å². The SMILES string of the molecule is CCCCCCCCCCCCCCCOCC(COC(=O)COCCNC(=O)CN(CCN(CCN(CC(=O)O)CC(=O)O)CC(=O)O)CC(=O)O)OC(=O)CCCCCCCCCCCCCCC. The Morgan fingerprint density at radius 2 is 0.803 bits per heavy atom. The molecule has 0 fully saturated rings. The van der Waals surface area contributed by atoms with Gasteiger partial charge in [-0.25, -0.2) is 4.79 Å². The minimum Gasteiger partial charge on any atom is -0.480 e. The van der Waals surface area contributed by atoms with Crippen molar-refractivity contribution in [3.63, 3.8) is 0 Å². The van der Waals surface area contributed by atoms with Crippen LogP contribution in [0.25, 0.3) is 0 Å². The fraction of sp³-hybridized carbons (Fsp3) is 0.865. The molecule has 0 aliphatic carbocycles. The van der Waals surface area contributed by atoms with Crippen LogP contribution in [-0.4, -0.2) is 181 Å². The van der Waals surface area contributed by atoms with Crippen LogP contribution in [0, 0.1) is 0 Å². The molecule has 1 atom stereocenters. The van der Waals surface area contributed by atoms with Crippen molar-refractivity contribution in [2.75, 3.05) is 98.5 Å². The molecule has 1 unspecified atom stereocenters. The fourth-order valence-corrected chi connectivity index (χ4v) is 8.02. The standard InChI is InChI=1S/C52H96N4O15/c1-3-5-7-9-11-13-15-17-19-21-23-25-27-29-51(66)71-45(42-68-35-28-26-24-22-20-18-16-14-12-10-8-6-4-2)43-70-52(67)44-69-36-30-53-46(57)37-55(39-48(60)61)33-31-54(38-47(58)59)32-34-56(40-49(62)63)41-50(64)65/h45H,3-44H2,1-2H3,(H,53,57)(H,58,59)(H,60,61)(H,62,63)(H,64,65). The van der Waals surface area contributed by atoms with Crippen molar-refractivity contribution < 1.29 is 72.9 Å². The average molecular weight is 1020 g/mol. The Labute approximate surface area is 425 Å². The first-order valence-electron chi connectivity index (χ1n) is 27.1. The molecule has 414 valence electrons. The van der Waals surface area contributed by atoms with E-state index in [4.69, 9.17) is 29.2 Å². The minimum absolute atomic E-state index is 0.0167. The van der Waals surface area contributed by atoms with Crippen LogP contribution in [0.5, 0.6) is 0 Å². The van der Waals surface area contributed by atoms with E-state index in [1.807, 2.05) is 0 Å². The largest absolute Gasteiger partial charge is 0.480 e. The summed E-state index contributed by atoms with van der Waals surface area (Å²) in [4.78, 5) is 87.2. The smallest absolute Gasteiger partial charge is 0.332 e. The van der Waals surface area contributed by atoms with Gasteiger partial charge in [0.25, 0.3) is 0 Å². The van der Waals surface area contributed by atoms with E-state index in [2.05, 4.69) is 19.2 Å². The lowest BCUT2D eigenvalue weighted by Crippen LogP contribution is -2.46. The molecule has 71 heavy (non-hydrogen) atoms. The van der Waals surface area contributed by atoms with Gasteiger partial charge in [-0.15, -0.1) is 0 Å². The van der Waals surface area contributed by atoms with E-state index in [0.29, 0.717) is 6.61 Å². The molecule has 5 N–H and O–H groups in total. The molecule has 0 saturated heterocycles. The molecule has 0 radical (unpaired) electrons. The number of nitrogens with zero attached hydrogens (tertiary/aromatic N) is 3. The van der Waals surface area contributed by atoms with E-state index >= 15 is 0 Å². The highest BCUT2D eigenvalue weighted by molar-refractivity contribution is 5.79. The predicted molar refractivity (Wildman–Crippen MR) is 271 cm³/mol. The van der Waals surface area contributed by atoms with Gasteiger partial charge in [-0.05, 0) is 12.8 Å². The number of carbonyl (C=O) groups is 7. The van der Waals surface area contributed by atoms with Crippen LogP contribution >= 0.6 is 0 Å². The van der Waals surface area contributed by atoms with Crippen LogP contribution in [0.2, 0.25) is 0 Å². The van der Waals surface area contributed by atoms with E-state index in [0.717, 1.165) is 49.8 Å². The maximum absolute atomic E-state index is 12.8. The van der Waals surface area contributed by atoms with Crippen LogP contribution in [0.3, 0.4) is 0 Å². The van der Waals surface area contributed by atoms with Crippen molar-refractivity contribution in [3.8, 4) is 0 Å². The Hall–Kier alpha value is -3.91. The van der Waals surface area contributed by atoms with E-state index in [-0.39, 0.29) is 71.5 Å². The molecule has 0 saturated carbocycles. The molecule has 0 aromatic heterocycles. The number of unbranched alkanes of at least 4 members (excludes halogenated alkanes) is 24. The summed E-state index contributed by atoms with van der Waals surface area (Å²) in [5, 5.41) is 39.6. The normalized spacial score (nSPS) is 11.8. The zero-order chi connectivity index (χ0) is 52.6. The quantitative estimate of drug-likeness (QED) is 0.0293. The Kier molecular flexibility index (Phi) is 45.7. The van der Waals surface area contributed by atoms with Gasteiger partial charge in [-0.2, -0.15) is 0 Å². The van der Waals surface area contributed by atoms with Crippen molar-refractivity contribution in [1.82, 2.24) is 20.0 Å². The van der Waals surface area contributed by atoms with Crippen LogP contribution in [0.4, 0.5) is 0 Å². The van der Waals surface area contributed by atoms with Gasteiger partial charge in [0.05, 0.1) is 45.9 Å². The molecule has 0 aromatic carbocycles. The minimum atomic E-state index is -1.26. The molecule has 1 amide bonds. The maximum Gasteiger partial charge on any atom is 0.332 e. The molecule has 19 nitrogen and oxygen atoms in total. The number of hydrogen-bond donors (Lipinski definition) is 5. The highest BCUT2D eigenvalue weighted by Gasteiger charge is 2.21. The van der Waals surface area contributed by atoms with Gasteiger partial charge in [-0.1, -0.05) is 168 Å². The monoisotopic (exact) mass is 1020 g/mol. The van der Waals surface area contributed by atoms with Gasteiger partial charge in [-0.3, -0.25) is 43.5 Å². The van der Waals surface area contributed by atoms with Gasteiger partial charge < -0.3 is 44.7 Å². The van der Waals surface area contributed by atoms with Gasteiger partial charge in [0.1, 0.15) is 13.2 Å². The Balaban J connectivity index is 4.83. The first-order chi connectivity index (χ1) is 34.2. The first-order valence-corrected chi connectivity index (χ1v) is 27.1. The molecule has 0 spiro atoms. The molecule has 0 rings (SSSR count). The molecule has 0 heterocycles. The average Bonchev–Trinajstić information content (AvgIpc) is 3.30. The zero-order valence-corrected chi connectivity index (χ0v) is 43.9. The summed E-state index contributed by atoms with van der Waals surface area (Å²) in [6, 6.07) is 0. The van der Waals surface area contributed by atoms with Crippen LogP contribution in [0.15, 0.2) is 0 Å². The van der Waals surface area contributed by atoms with Gasteiger partial charge >= 0.3 is 35.8 Å². The third-order valence-corrected chi connectivity index (χ3v) is 12.0. The van der Waals surface area contributed by atoms with Gasteiger partial charge in [0, 0.05) is 45.8 Å². The summed E-state index contributed by atoms with van der Waals surface area (Å²) in [5.74, 6) is -6.56. The van der Waals surface area contributed by atoms with E-state index in [1.54, 1.807) is 0 Å². The van der Waals surface area contributed by atoms with Crippen molar-refractivity contribution >= 4 is 41.7 Å². The number of aliphatic carboxylic acids is 4. The summed E-state index contributed by atoms with van der Waals surface area (Å²) in [7, 11) is 0. The molecular formula is C52H96N4O15. The molecule has 0 aromatic rings. The Morgan fingerprint density at radius 1 is 0.423 bits per heavy atom. The second-order valence-electron chi connectivity index (χ2n) is 18.8. The Bertz CT molecular complexity index is 1370. The fourth-order valence-electron chi connectivity index (χ4n) is 8.02. The number of esters is 2. The number of amides is 1. The number of carboxylic acid groups (broad SMARTS) is 4. The lowest BCUT2D eigenvalue weighted by molar-refractivity contribution is -0.165. The summed E-state index contributed by atoms with van der Waals surface area (Å²) in [5.41, 5.74) is 0. The number of carbonyl (C=O) groups excluding carboxylic acids is 3. The molecule has 0 bridgehead atoms. The van der Waals surface area contributed by atoms with Crippen molar-refractivity contribution in [3.05, 3.63) is 0 Å². The summed E-state index contributed by atoms with van der Waals surface area (Å²) < 4.78 is 22.4. The van der Waals surface area contributed by atoms with Crippen LogP contribution < -0.4 is 5.32 Å². The number of carboxylic acids is 4. The third kappa shape index (κ3) is 48.1. The van der Waals surface area contributed by atoms with Crippen molar-refractivity contribution in [1.29, 1.82) is 0 Å². The molecule has 0 aliphatic heterocycles. The highest BCUT2D eigenvalue weighted by Crippen LogP contribution is 2.15. The number of rotatable bonds is 54. The molecule has 0 aliphatic rings. The molecule has 19 heteroatoms. The summed E-state index contributed by atoms with van der Waals surface area (Å²) in [6.45, 7) is 1.64. The number of hydrogen-bond acceptors (Lipinski definition) is 14. The van der Waals surface area contributed by atoms with Gasteiger partial charge in [0.2, 0.25) is 5.91 Å². The van der Waals surface area contributed by atoms with E-state index in [9.17, 15) is 43.8 Å². The second-order valence-corrected chi connectivity index (χ2v) is 18.8. The number of ether oxygens (including phenoxy) is 4. The first kappa shape index (κ1) is 67.1. The van der Waals surface area contributed by atoms with Crippen molar-refractivity contribution in [2.45, 2.75) is 193 Å². The van der Waals surface area contributed by atoms with E-state index < -0.39 is 74.6 Å². The predicted octanol–water partition coefficient (Wildman–Crippen LogP) is 7.41. The topological polar surface area (TPSA) is 259 Å². The maximum atomic E-state index is 12.8. The number of nitrogens with one attached hydrogen (secondary N) is 1. The van der Waals surface area contributed by atoms with Crippen LogP contribution in [-0.2, 0) is 52.5 Å². The van der Waals surface area contributed by atoms with E-state index in [1.165, 1.54) is 132 Å². The highest BCUT2D eigenvalue weighted by atomic mass is 16.6. The third-order valence-electron chi connectivity index (χ3n) is 12.0. The second kappa shape index (κ2) is 48.4.